The number of carbonyl (C=O) groups is 2. The Morgan fingerprint density at radius 3 is 2.65 bits per heavy atom. The van der Waals surface area contributed by atoms with E-state index in [4.69, 9.17) is 0 Å². The molecule has 0 saturated heterocycles. The van der Waals surface area contributed by atoms with Gasteiger partial charge in [-0.2, -0.15) is 0 Å². The van der Waals surface area contributed by atoms with Crippen LogP contribution in [-0.4, -0.2) is 23.4 Å². The monoisotopic (exact) mass is 428 g/mol. The Morgan fingerprint density at radius 1 is 1.13 bits per heavy atom. The average Bonchev–Trinajstić information content (AvgIpc) is 3.05. The number of rotatable bonds is 6. The minimum absolute atomic E-state index is 0.0692. The summed E-state index contributed by atoms with van der Waals surface area (Å²) in [4.78, 5) is 25.4. The standard InChI is InChI=1S/C27H44N2O2/c1-6-7-8-15-25(2,3)29-24(31)21-11-10-19-18-9-12-22-27(5,17-14-23(30)28-22)20(18)13-16-26(19,21)4/h14,17-22H,6-13,15-16H2,1-5H3,(H,28,30)(H,29,31)/t18-,19-,20-,21+,22+,26-,27+/m0/s1. The van der Waals surface area contributed by atoms with Crippen molar-refractivity contribution < 1.29 is 9.59 Å². The lowest BCUT2D eigenvalue weighted by Crippen LogP contribution is -2.59. The Labute approximate surface area is 189 Å². The van der Waals surface area contributed by atoms with E-state index >= 15 is 0 Å². The third kappa shape index (κ3) is 3.97. The van der Waals surface area contributed by atoms with Crippen molar-refractivity contribution in [3.63, 3.8) is 0 Å². The number of nitrogens with one attached hydrogen (secondary N) is 2. The van der Waals surface area contributed by atoms with Crippen molar-refractivity contribution in [1.29, 1.82) is 0 Å². The van der Waals surface area contributed by atoms with Gasteiger partial charge in [0.1, 0.15) is 0 Å². The highest BCUT2D eigenvalue weighted by Crippen LogP contribution is 2.65. The van der Waals surface area contributed by atoms with Crippen LogP contribution in [-0.2, 0) is 9.59 Å². The minimum atomic E-state index is -0.117. The predicted octanol–water partition coefficient (Wildman–Crippen LogP) is 5.37. The van der Waals surface area contributed by atoms with Gasteiger partial charge in [0.2, 0.25) is 11.8 Å². The largest absolute Gasteiger partial charge is 0.351 e. The summed E-state index contributed by atoms with van der Waals surface area (Å²) in [5.41, 5.74) is 0.0733. The van der Waals surface area contributed by atoms with Crippen LogP contribution in [0.1, 0.15) is 98.8 Å². The lowest BCUT2D eigenvalue weighted by molar-refractivity contribution is -0.135. The van der Waals surface area contributed by atoms with Gasteiger partial charge in [-0.25, -0.2) is 0 Å². The summed E-state index contributed by atoms with van der Waals surface area (Å²) >= 11 is 0. The fourth-order valence-corrected chi connectivity index (χ4v) is 8.06. The average molecular weight is 429 g/mol. The molecule has 31 heavy (non-hydrogen) atoms. The lowest BCUT2D eigenvalue weighted by Gasteiger charge is -2.58. The summed E-state index contributed by atoms with van der Waals surface area (Å²) in [6, 6.07) is 0.278. The first-order valence-electron chi connectivity index (χ1n) is 12.9. The summed E-state index contributed by atoms with van der Waals surface area (Å²) in [5.74, 6) is 2.45. The fraction of sp³-hybridized carbons (Fsp3) is 0.852. The molecule has 1 heterocycles. The van der Waals surface area contributed by atoms with Crippen molar-refractivity contribution in [2.75, 3.05) is 0 Å². The maximum atomic E-state index is 13.5. The molecule has 4 rings (SSSR count). The van der Waals surface area contributed by atoms with E-state index in [2.05, 4.69) is 51.3 Å². The van der Waals surface area contributed by atoms with Gasteiger partial charge in [0, 0.05) is 22.9 Å². The molecule has 7 atom stereocenters. The Hall–Kier alpha value is -1.32. The SMILES string of the molecule is CCCCCC(C)(C)NC(=O)[C@H]1CC[C@H]2[C@@H]3CC[C@H]4NC(=O)C=C[C@]4(C)[C@H]3CC[C@]12C. The molecule has 174 valence electrons. The Kier molecular flexibility index (Phi) is 6.07. The predicted molar refractivity (Wildman–Crippen MR) is 125 cm³/mol. The molecule has 0 radical (unpaired) electrons. The molecule has 3 saturated carbocycles. The zero-order valence-electron chi connectivity index (χ0n) is 20.4. The molecule has 4 nitrogen and oxygen atoms in total. The third-order valence-electron chi connectivity index (χ3n) is 9.87. The van der Waals surface area contributed by atoms with Gasteiger partial charge in [-0.1, -0.05) is 46.1 Å². The van der Waals surface area contributed by atoms with Crippen molar-refractivity contribution in [1.82, 2.24) is 10.6 Å². The number of hydrogen-bond acceptors (Lipinski definition) is 2. The smallest absolute Gasteiger partial charge is 0.243 e. The zero-order valence-corrected chi connectivity index (χ0v) is 20.4. The van der Waals surface area contributed by atoms with Crippen molar-refractivity contribution in [2.45, 2.75) is 110 Å². The van der Waals surface area contributed by atoms with Gasteiger partial charge in [-0.3, -0.25) is 9.59 Å². The van der Waals surface area contributed by atoms with E-state index in [1.165, 1.54) is 38.5 Å². The van der Waals surface area contributed by atoms with E-state index in [1.807, 2.05) is 0 Å². The minimum Gasteiger partial charge on any atom is -0.351 e. The van der Waals surface area contributed by atoms with E-state index in [1.54, 1.807) is 6.08 Å². The molecule has 2 N–H and O–H groups in total. The first kappa shape index (κ1) is 22.9. The van der Waals surface area contributed by atoms with Crippen molar-refractivity contribution in [3.8, 4) is 0 Å². The van der Waals surface area contributed by atoms with E-state index < -0.39 is 0 Å². The van der Waals surface area contributed by atoms with Gasteiger partial charge in [-0.05, 0) is 88.0 Å². The maximum Gasteiger partial charge on any atom is 0.243 e. The van der Waals surface area contributed by atoms with E-state index in [0.29, 0.717) is 23.7 Å². The Bertz CT molecular complexity index is 744. The molecule has 4 aliphatic rings. The molecule has 0 unspecified atom stereocenters. The molecule has 0 aromatic rings. The molecule has 4 heteroatoms. The van der Waals surface area contributed by atoms with Crippen molar-refractivity contribution in [3.05, 3.63) is 12.2 Å². The Morgan fingerprint density at radius 2 is 1.90 bits per heavy atom. The third-order valence-corrected chi connectivity index (χ3v) is 9.87. The van der Waals surface area contributed by atoms with Crippen LogP contribution in [0.2, 0.25) is 0 Å². The number of carbonyl (C=O) groups excluding carboxylic acids is 2. The number of hydrogen-bond donors (Lipinski definition) is 2. The molecule has 0 aromatic carbocycles. The zero-order chi connectivity index (χ0) is 22.4. The number of fused-ring (bicyclic) bond motifs is 5. The molecular weight excluding hydrogens is 384 g/mol. The summed E-state index contributed by atoms with van der Waals surface area (Å²) < 4.78 is 0. The summed E-state index contributed by atoms with van der Waals surface area (Å²) in [7, 11) is 0. The normalized spacial score (nSPS) is 41.7. The second-order valence-electron chi connectivity index (χ2n) is 12.2. The molecule has 3 aliphatic carbocycles. The Balaban J connectivity index is 1.48. The molecular formula is C27H44N2O2. The van der Waals surface area contributed by atoms with Crippen LogP contribution in [0.4, 0.5) is 0 Å². The molecule has 2 amide bonds. The van der Waals surface area contributed by atoms with Crippen molar-refractivity contribution >= 4 is 11.8 Å². The molecule has 0 spiro atoms. The van der Waals surface area contributed by atoms with E-state index in [0.717, 1.165) is 25.7 Å². The summed E-state index contributed by atoms with van der Waals surface area (Å²) in [6.07, 6.45) is 15.5. The highest BCUT2D eigenvalue weighted by molar-refractivity contribution is 5.89. The van der Waals surface area contributed by atoms with Gasteiger partial charge >= 0.3 is 0 Å². The van der Waals surface area contributed by atoms with Gasteiger partial charge < -0.3 is 10.6 Å². The first-order valence-corrected chi connectivity index (χ1v) is 12.9. The highest BCUT2D eigenvalue weighted by Gasteiger charge is 2.61. The maximum absolute atomic E-state index is 13.5. The summed E-state index contributed by atoms with van der Waals surface area (Å²) in [5, 5.41) is 6.69. The summed E-state index contributed by atoms with van der Waals surface area (Å²) in [6.45, 7) is 11.4. The van der Waals surface area contributed by atoms with Gasteiger partial charge in [0.05, 0.1) is 0 Å². The molecule has 0 bridgehead atoms. The van der Waals surface area contributed by atoms with Crippen molar-refractivity contribution in [2.24, 2.45) is 34.5 Å². The molecule has 0 aromatic heterocycles. The van der Waals surface area contributed by atoms with Crippen LogP contribution in [0.15, 0.2) is 12.2 Å². The number of amides is 2. The number of unbranched alkanes of at least 4 members (excludes halogenated alkanes) is 2. The van der Waals surface area contributed by atoms with E-state index in [-0.39, 0.29) is 34.2 Å². The van der Waals surface area contributed by atoms with Crippen LogP contribution >= 0.6 is 0 Å². The van der Waals surface area contributed by atoms with Crippen LogP contribution in [0, 0.1) is 34.5 Å². The molecule has 3 fully saturated rings. The van der Waals surface area contributed by atoms with E-state index in [9.17, 15) is 9.59 Å². The van der Waals surface area contributed by atoms with Crippen LogP contribution in [0.25, 0.3) is 0 Å². The van der Waals surface area contributed by atoms with Gasteiger partial charge in [0.25, 0.3) is 0 Å². The molecule has 1 aliphatic heterocycles. The topological polar surface area (TPSA) is 58.2 Å². The van der Waals surface area contributed by atoms with Crippen LogP contribution < -0.4 is 10.6 Å². The fourth-order valence-electron chi connectivity index (χ4n) is 8.06. The highest BCUT2D eigenvalue weighted by atomic mass is 16.2. The van der Waals surface area contributed by atoms with Gasteiger partial charge in [-0.15, -0.1) is 0 Å². The second-order valence-corrected chi connectivity index (χ2v) is 12.2. The van der Waals surface area contributed by atoms with Gasteiger partial charge in [0.15, 0.2) is 0 Å². The van der Waals surface area contributed by atoms with Crippen LogP contribution in [0.3, 0.4) is 0 Å². The second kappa shape index (κ2) is 8.23. The van der Waals surface area contributed by atoms with Crippen LogP contribution in [0.5, 0.6) is 0 Å². The quantitative estimate of drug-likeness (QED) is 0.558. The first-order chi connectivity index (χ1) is 14.6. The lowest BCUT2D eigenvalue weighted by atomic mass is 9.48.